The maximum absolute atomic E-state index is 6.10. The normalized spacial score (nSPS) is 24.2. The van der Waals surface area contributed by atoms with E-state index in [4.69, 9.17) is 10.7 Å². The van der Waals surface area contributed by atoms with E-state index in [1.54, 1.807) is 0 Å². The highest BCUT2D eigenvalue weighted by molar-refractivity contribution is 5.76. The standard InChI is InChI=1S/C17H25N3/c1-17(2,3)12-7-8-14-15(10-12)20-16(19-14)11-5-4-6-13(18)9-11/h7-8,10-11,13H,4-6,9,18H2,1-3H3,(H,19,20). The monoisotopic (exact) mass is 271 g/mol. The summed E-state index contributed by atoms with van der Waals surface area (Å²) in [6.07, 6.45) is 4.65. The smallest absolute Gasteiger partial charge is 0.110 e. The Labute approximate surface area is 121 Å². The quantitative estimate of drug-likeness (QED) is 0.828. The fourth-order valence-electron chi connectivity index (χ4n) is 3.17. The number of hydrogen-bond donors (Lipinski definition) is 2. The van der Waals surface area contributed by atoms with Crippen LogP contribution in [0.3, 0.4) is 0 Å². The third-order valence-electron chi connectivity index (χ3n) is 4.47. The highest BCUT2D eigenvalue weighted by atomic mass is 14.9. The highest BCUT2D eigenvalue weighted by Crippen LogP contribution is 2.32. The molecular weight excluding hydrogens is 246 g/mol. The second-order valence-corrected chi connectivity index (χ2v) is 7.23. The van der Waals surface area contributed by atoms with Crippen molar-refractivity contribution in [3.8, 4) is 0 Å². The van der Waals surface area contributed by atoms with E-state index < -0.39 is 0 Å². The Kier molecular flexibility index (Phi) is 3.33. The molecule has 1 saturated carbocycles. The second-order valence-electron chi connectivity index (χ2n) is 7.23. The Bertz CT molecular complexity index is 606. The van der Waals surface area contributed by atoms with Crippen molar-refractivity contribution in [3.05, 3.63) is 29.6 Å². The molecule has 3 heteroatoms. The summed E-state index contributed by atoms with van der Waals surface area (Å²) in [6, 6.07) is 6.92. The van der Waals surface area contributed by atoms with Crippen LogP contribution in [0, 0.1) is 0 Å². The summed E-state index contributed by atoms with van der Waals surface area (Å²) in [5, 5.41) is 0. The van der Waals surface area contributed by atoms with Gasteiger partial charge >= 0.3 is 0 Å². The molecule has 108 valence electrons. The van der Waals surface area contributed by atoms with Crippen LogP contribution in [0.1, 0.15) is 63.8 Å². The first kappa shape index (κ1) is 13.6. The zero-order chi connectivity index (χ0) is 14.3. The van der Waals surface area contributed by atoms with Crippen LogP contribution in [0.25, 0.3) is 11.0 Å². The van der Waals surface area contributed by atoms with E-state index >= 15 is 0 Å². The minimum absolute atomic E-state index is 0.173. The van der Waals surface area contributed by atoms with Gasteiger partial charge < -0.3 is 10.7 Å². The molecule has 3 rings (SSSR count). The van der Waals surface area contributed by atoms with Gasteiger partial charge in [-0.25, -0.2) is 4.98 Å². The Morgan fingerprint density at radius 1 is 1.25 bits per heavy atom. The van der Waals surface area contributed by atoms with Crippen LogP contribution in [-0.4, -0.2) is 16.0 Å². The Morgan fingerprint density at radius 2 is 2.05 bits per heavy atom. The molecule has 2 unspecified atom stereocenters. The molecule has 0 saturated heterocycles. The third kappa shape index (κ3) is 2.59. The number of benzene rings is 1. The van der Waals surface area contributed by atoms with E-state index in [9.17, 15) is 0 Å². The lowest BCUT2D eigenvalue weighted by atomic mass is 9.86. The van der Waals surface area contributed by atoms with Gasteiger partial charge in [-0.05, 0) is 42.4 Å². The zero-order valence-corrected chi connectivity index (χ0v) is 12.7. The van der Waals surface area contributed by atoms with Crippen molar-refractivity contribution in [1.29, 1.82) is 0 Å². The Hall–Kier alpha value is -1.35. The molecule has 0 radical (unpaired) electrons. The number of aromatic nitrogens is 2. The molecule has 0 aliphatic heterocycles. The summed E-state index contributed by atoms with van der Waals surface area (Å²) >= 11 is 0. The van der Waals surface area contributed by atoms with E-state index in [0.29, 0.717) is 12.0 Å². The van der Waals surface area contributed by atoms with Gasteiger partial charge in [0.2, 0.25) is 0 Å². The average molecular weight is 271 g/mol. The summed E-state index contributed by atoms with van der Waals surface area (Å²) in [7, 11) is 0. The molecular formula is C17H25N3. The number of nitrogens with two attached hydrogens (primary N) is 1. The number of rotatable bonds is 1. The molecule has 3 nitrogen and oxygen atoms in total. The Balaban J connectivity index is 1.94. The fourth-order valence-corrected chi connectivity index (χ4v) is 3.17. The molecule has 2 aromatic rings. The lowest BCUT2D eigenvalue weighted by Gasteiger charge is -2.24. The molecule has 1 aromatic carbocycles. The highest BCUT2D eigenvalue weighted by Gasteiger charge is 2.23. The van der Waals surface area contributed by atoms with E-state index in [1.807, 2.05) is 0 Å². The first-order chi connectivity index (χ1) is 9.43. The summed E-state index contributed by atoms with van der Waals surface area (Å²) in [5.41, 5.74) is 9.85. The van der Waals surface area contributed by atoms with Gasteiger partial charge in [-0.3, -0.25) is 0 Å². The van der Waals surface area contributed by atoms with Crippen LogP contribution in [0.4, 0.5) is 0 Å². The van der Waals surface area contributed by atoms with Crippen molar-refractivity contribution < 1.29 is 0 Å². The second kappa shape index (κ2) is 4.88. The maximum atomic E-state index is 6.10. The molecule has 1 aliphatic carbocycles. The van der Waals surface area contributed by atoms with E-state index in [-0.39, 0.29) is 5.41 Å². The number of nitrogens with zero attached hydrogens (tertiary/aromatic N) is 1. The zero-order valence-electron chi connectivity index (χ0n) is 12.7. The number of nitrogens with one attached hydrogen (secondary N) is 1. The molecule has 1 aromatic heterocycles. The van der Waals surface area contributed by atoms with Gasteiger partial charge in [0.05, 0.1) is 11.0 Å². The minimum Gasteiger partial charge on any atom is -0.342 e. The summed E-state index contributed by atoms with van der Waals surface area (Å²) < 4.78 is 0. The predicted molar refractivity (Wildman–Crippen MR) is 84.0 cm³/mol. The van der Waals surface area contributed by atoms with Crippen molar-refractivity contribution in [1.82, 2.24) is 9.97 Å². The van der Waals surface area contributed by atoms with E-state index in [2.05, 4.69) is 44.0 Å². The summed E-state index contributed by atoms with van der Waals surface area (Å²) in [6.45, 7) is 6.73. The molecule has 0 bridgehead atoms. The van der Waals surface area contributed by atoms with Crippen molar-refractivity contribution in [2.45, 2.75) is 63.8 Å². The van der Waals surface area contributed by atoms with Gasteiger partial charge in [-0.1, -0.05) is 33.3 Å². The molecule has 1 fully saturated rings. The van der Waals surface area contributed by atoms with Crippen LogP contribution in [0.15, 0.2) is 18.2 Å². The topological polar surface area (TPSA) is 54.7 Å². The van der Waals surface area contributed by atoms with Gasteiger partial charge in [0.25, 0.3) is 0 Å². The van der Waals surface area contributed by atoms with Crippen LogP contribution in [0.5, 0.6) is 0 Å². The van der Waals surface area contributed by atoms with Crippen LogP contribution < -0.4 is 5.73 Å². The van der Waals surface area contributed by atoms with Crippen LogP contribution in [-0.2, 0) is 5.41 Å². The molecule has 0 amide bonds. The minimum atomic E-state index is 0.173. The van der Waals surface area contributed by atoms with Crippen molar-refractivity contribution >= 4 is 11.0 Å². The average Bonchev–Trinajstić information content (AvgIpc) is 2.80. The number of H-pyrrole nitrogens is 1. The first-order valence-electron chi connectivity index (χ1n) is 7.69. The molecule has 1 heterocycles. The third-order valence-corrected chi connectivity index (χ3v) is 4.47. The number of fused-ring (bicyclic) bond motifs is 1. The lowest BCUT2D eigenvalue weighted by molar-refractivity contribution is 0.384. The van der Waals surface area contributed by atoms with Crippen LogP contribution in [0.2, 0.25) is 0 Å². The van der Waals surface area contributed by atoms with Gasteiger partial charge in [-0.2, -0.15) is 0 Å². The van der Waals surface area contributed by atoms with Crippen molar-refractivity contribution in [2.75, 3.05) is 0 Å². The van der Waals surface area contributed by atoms with Gasteiger partial charge in [-0.15, -0.1) is 0 Å². The van der Waals surface area contributed by atoms with E-state index in [1.165, 1.54) is 18.4 Å². The first-order valence-corrected chi connectivity index (χ1v) is 7.69. The van der Waals surface area contributed by atoms with Gasteiger partial charge in [0.1, 0.15) is 5.82 Å². The molecule has 20 heavy (non-hydrogen) atoms. The summed E-state index contributed by atoms with van der Waals surface area (Å²) in [4.78, 5) is 8.31. The Morgan fingerprint density at radius 3 is 2.75 bits per heavy atom. The fraction of sp³-hybridized carbons (Fsp3) is 0.588. The number of aromatic amines is 1. The SMILES string of the molecule is CC(C)(C)c1ccc2nc(C3CCCC(N)C3)[nH]c2c1. The van der Waals surface area contributed by atoms with E-state index in [0.717, 1.165) is 29.7 Å². The largest absolute Gasteiger partial charge is 0.342 e. The molecule has 2 atom stereocenters. The maximum Gasteiger partial charge on any atom is 0.110 e. The summed E-state index contributed by atoms with van der Waals surface area (Å²) in [5.74, 6) is 1.63. The van der Waals surface area contributed by atoms with Gasteiger partial charge in [0, 0.05) is 12.0 Å². The van der Waals surface area contributed by atoms with Crippen molar-refractivity contribution in [2.24, 2.45) is 5.73 Å². The molecule has 1 aliphatic rings. The molecule has 3 N–H and O–H groups in total. The molecule has 0 spiro atoms. The van der Waals surface area contributed by atoms with Crippen LogP contribution >= 0.6 is 0 Å². The predicted octanol–water partition coefficient (Wildman–Crippen LogP) is 3.85. The number of imidazole rings is 1. The van der Waals surface area contributed by atoms with Gasteiger partial charge in [0.15, 0.2) is 0 Å². The lowest BCUT2D eigenvalue weighted by Crippen LogP contribution is -2.27. The number of hydrogen-bond acceptors (Lipinski definition) is 2. The van der Waals surface area contributed by atoms with Crippen molar-refractivity contribution in [3.63, 3.8) is 0 Å².